The van der Waals surface area contributed by atoms with E-state index in [-0.39, 0.29) is 5.54 Å². The van der Waals surface area contributed by atoms with Crippen LogP contribution >= 0.6 is 0 Å². The van der Waals surface area contributed by atoms with Crippen molar-refractivity contribution >= 4 is 0 Å². The molecule has 4 nitrogen and oxygen atoms in total. The van der Waals surface area contributed by atoms with Gasteiger partial charge in [-0.15, -0.1) is 0 Å². The summed E-state index contributed by atoms with van der Waals surface area (Å²) >= 11 is 0. The van der Waals surface area contributed by atoms with Crippen LogP contribution in [0.3, 0.4) is 0 Å². The molecule has 1 atom stereocenters. The van der Waals surface area contributed by atoms with Crippen LogP contribution in [0.2, 0.25) is 0 Å². The van der Waals surface area contributed by atoms with Gasteiger partial charge in [0.25, 0.3) is 0 Å². The molecule has 0 aromatic rings. The molecule has 1 aliphatic carbocycles. The Hall–Kier alpha value is -0.630. The molecule has 4 heteroatoms. The normalized spacial score (nSPS) is 24.8. The van der Waals surface area contributed by atoms with Gasteiger partial charge < -0.3 is 10.2 Å². The monoisotopic (exact) mass is 292 g/mol. The molecule has 1 saturated carbocycles. The first-order chi connectivity index (χ1) is 10.2. The third kappa shape index (κ3) is 4.95. The second kappa shape index (κ2) is 8.12. The number of nitrogens with zero attached hydrogens (tertiary/aromatic N) is 3. The highest BCUT2D eigenvalue weighted by Crippen LogP contribution is 2.24. The van der Waals surface area contributed by atoms with Crippen LogP contribution < -0.4 is 5.32 Å². The summed E-state index contributed by atoms with van der Waals surface area (Å²) in [5.41, 5.74) is -0.346. The number of rotatable bonds is 7. The van der Waals surface area contributed by atoms with E-state index >= 15 is 0 Å². The molecule has 1 heterocycles. The van der Waals surface area contributed by atoms with Gasteiger partial charge in [0.1, 0.15) is 5.54 Å². The fourth-order valence-corrected chi connectivity index (χ4v) is 3.67. The van der Waals surface area contributed by atoms with Crippen LogP contribution in [0.4, 0.5) is 0 Å². The van der Waals surface area contributed by atoms with Crippen molar-refractivity contribution in [2.24, 2.45) is 0 Å². The van der Waals surface area contributed by atoms with Gasteiger partial charge >= 0.3 is 0 Å². The third-order valence-electron chi connectivity index (χ3n) is 5.45. The van der Waals surface area contributed by atoms with E-state index in [1.54, 1.807) is 0 Å². The number of hydrogen-bond donors (Lipinski definition) is 1. The molecule has 0 amide bonds. The maximum absolute atomic E-state index is 9.14. The number of piperazine rings is 1. The fraction of sp³-hybridized carbons (Fsp3) is 0.941. The summed E-state index contributed by atoms with van der Waals surface area (Å²) in [7, 11) is 1.88. The Morgan fingerprint density at radius 2 is 1.81 bits per heavy atom. The topological polar surface area (TPSA) is 42.3 Å². The van der Waals surface area contributed by atoms with Gasteiger partial charge in [-0.25, -0.2) is 0 Å². The number of unbranched alkanes of at least 4 members (excludes halogenated alkanes) is 1. The molecule has 21 heavy (non-hydrogen) atoms. The average Bonchev–Trinajstić information content (AvgIpc) is 3.06. The second-order valence-electron chi connectivity index (χ2n) is 6.97. The highest BCUT2D eigenvalue weighted by molar-refractivity contribution is 5.02. The van der Waals surface area contributed by atoms with E-state index in [9.17, 15) is 0 Å². The summed E-state index contributed by atoms with van der Waals surface area (Å²) in [6.07, 6.45) is 9.02. The summed E-state index contributed by atoms with van der Waals surface area (Å²) in [4.78, 5) is 5.33. The number of nitrogens with one attached hydrogen (secondary N) is 1. The SMILES string of the molecule is CNC(C)(C#N)CCCCN1CCN(C2CCCC2)CC1. The van der Waals surface area contributed by atoms with Crippen molar-refractivity contribution in [2.75, 3.05) is 39.8 Å². The lowest BCUT2D eigenvalue weighted by Gasteiger charge is -2.38. The third-order valence-corrected chi connectivity index (χ3v) is 5.45. The molecule has 0 bridgehead atoms. The molecule has 1 N–H and O–H groups in total. The largest absolute Gasteiger partial charge is 0.303 e. The van der Waals surface area contributed by atoms with Crippen LogP contribution in [0.25, 0.3) is 0 Å². The molecule has 0 spiro atoms. The van der Waals surface area contributed by atoms with Gasteiger partial charge in [0, 0.05) is 32.2 Å². The van der Waals surface area contributed by atoms with Gasteiger partial charge in [-0.3, -0.25) is 4.90 Å². The molecule has 1 unspecified atom stereocenters. The van der Waals surface area contributed by atoms with Gasteiger partial charge in [0.15, 0.2) is 0 Å². The summed E-state index contributed by atoms with van der Waals surface area (Å²) < 4.78 is 0. The van der Waals surface area contributed by atoms with E-state index < -0.39 is 0 Å². The first-order valence-electron chi connectivity index (χ1n) is 8.73. The van der Waals surface area contributed by atoms with Crippen molar-refractivity contribution in [1.82, 2.24) is 15.1 Å². The molecular weight excluding hydrogens is 260 g/mol. The molecule has 2 rings (SSSR count). The van der Waals surface area contributed by atoms with Gasteiger partial charge in [0.05, 0.1) is 6.07 Å². The number of nitriles is 1. The van der Waals surface area contributed by atoms with Gasteiger partial charge in [0.2, 0.25) is 0 Å². The van der Waals surface area contributed by atoms with E-state index in [0.717, 1.165) is 18.9 Å². The Kier molecular flexibility index (Phi) is 6.47. The lowest BCUT2D eigenvalue weighted by atomic mass is 9.97. The summed E-state index contributed by atoms with van der Waals surface area (Å²) in [6, 6.07) is 3.26. The fourth-order valence-electron chi connectivity index (χ4n) is 3.67. The number of hydrogen-bond acceptors (Lipinski definition) is 4. The molecule has 2 aliphatic rings. The zero-order valence-corrected chi connectivity index (χ0v) is 13.9. The van der Waals surface area contributed by atoms with Crippen molar-refractivity contribution in [1.29, 1.82) is 5.26 Å². The van der Waals surface area contributed by atoms with Crippen molar-refractivity contribution in [2.45, 2.75) is 63.5 Å². The quantitative estimate of drug-likeness (QED) is 0.731. The van der Waals surface area contributed by atoms with E-state index in [2.05, 4.69) is 21.2 Å². The van der Waals surface area contributed by atoms with Crippen LogP contribution in [0.1, 0.15) is 51.9 Å². The van der Waals surface area contributed by atoms with E-state index in [1.165, 1.54) is 64.8 Å². The lowest BCUT2D eigenvalue weighted by Crippen LogP contribution is -2.49. The minimum atomic E-state index is -0.346. The molecule has 1 saturated heterocycles. The molecule has 0 aromatic heterocycles. The Labute approximate surface area is 130 Å². The Balaban J connectivity index is 1.58. The van der Waals surface area contributed by atoms with Crippen LogP contribution in [0, 0.1) is 11.3 Å². The minimum Gasteiger partial charge on any atom is -0.303 e. The Bertz CT molecular complexity index is 337. The van der Waals surface area contributed by atoms with Crippen LogP contribution in [-0.2, 0) is 0 Å². The molecule has 0 aromatic carbocycles. The Morgan fingerprint density at radius 3 is 2.38 bits per heavy atom. The zero-order chi connectivity index (χ0) is 15.1. The summed E-state index contributed by atoms with van der Waals surface area (Å²) in [5, 5.41) is 12.3. The highest BCUT2D eigenvalue weighted by Gasteiger charge is 2.26. The molecule has 0 radical (unpaired) electrons. The zero-order valence-electron chi connectivity index (χ0n) is 13.9. The van der Waals surface area contributed by atoms with E-state index in [0.29, 0.717) is 0 Å². The second-order valence-corrected chi connectivity index (χ2v) is 6.97. The predicted octanol–water partition coefficient (Wildman–Crippen LogP) is 2.22. The summed E-state index contributed by atoms with van der Waals surface area (Å²) in [5.74, 6) is 0. The minimum absolute atomic E-state index is 0.346. The van der Waals surface area contributed by atoms with Crippen LogP contribution in [0.15, 0.2) is 0 Å². The Morgan fingerprint density at radius 1 is 1.14 bits per heavy atom. The predicted molar refractivity (Wildman–Crippen MR) is 87.2 cm³/mol. The lowest BCUT2D eigenvalue weighted by molar-refractivity contribution is 0.0965. The maximum Gasteiger partial charge on any atom is 0.103 e. The van der Waals surface area contributed by atoms with Crippen molar-refractivity contribution < 1.29 is 0 Å². The van der Waals surface area contributed by atoms with Crippen LogP contribution in [0.5, 0.6) is 0 Å². The highest BCUT2D eigenvalue weighted by atomic mass is 15.3. The van der Waals surface area contributed by atoms with Crippen LogP contribution in [-0.4, -0.2) is 61.2 Å². The van der Waals surface area contributed by atoms with Gasteiger partial charge in [-0.2, -0.15) is 5.26 Å². The van der Waals surface area contributed by atoms with Crippen molar-refractivity contribution in [3.05, 3.63) is 0 Å². The van der Waals surface area contributed by atoms with Gasteiger partial charge in [-0.1, -0.05) is 12.8 Å². The molecule has 2 fully saturated rings. The first kappa shape index (κ1) is 16.7. The standard InChI is InChI=1S/C17H32N4/c1-17(15-18,19-2)9-5-6-10-20-11-13-21(14-12-20)16-7-3-4-8-16/h16,19H,3-14H2,1-2H3. The average molecular weight is 292 g/mol. The summed E-state index contributed by atoms with van der Waals surface area (Å²) in [6.45, 7) is 8.18. The molecule has 1 aliphatic heterocycles. The van der Waals surface area contributed by atoms with Crippen molar-refractivity contribution in [3.63, 3.8) is 0 Å². The van der Waals surface area contributed by atoms with E-state index in [4.69, 9.17) is 5.26 Å². The maximum atomic E-state index is 9.14. The van der Waals surface area contributed by atoms with E-state index in [1.807, 2.05) is 14.0 Å². The van der Waals surface area contributed by atoms with Gasteiger partial charge in [-0.05, 0) is 52.6 Å². The molecule has 120 valence electrons. The van der Waals surface area contributed by atoms with Crippen molar-refractivity contribution in [3.8, 4) is 6.07 Å². The smallest absolute Gasteiger partial charge is 0.103 e. The molecular formula is C17H32N4. The first-order valence-corrected chi connectivity index (χ1v) is 8.73.